The van der Waals surface area contributed by atoms with Crippen LogP contribution in [0.1, 0.15) is 21.0 Å². The largest absolute Gasteiger partial charge is 0.463 e. The summed E-state index contributed by atoms with van der Waals surface area (Å²) < 4.78 is 7.11. The van der Waals surface area contributed by atoms with E-state index < -0.39 is 5.91 Å². The minimum absolute atomic E-state index is 0.00164. The van der Waals surface area contributed by atoms with E-state index in [2.05, 4.69) is 14.9 Å². The van der Waals surface area contributed by atoms with Crippen molar-refractivity contribution in [2.45, 2.75) is 0 Å². The van der Waals surface area contributed by atoms with Crippen LogP contribution in [0.15, 0.2) is 59.5 Å². The Bertz CT molecular complexity index is 1310. The molecule has 0 spiro atoms. The first-order chi connectivity index (χ1) is 15.5. The van der Waals surface area contributed by atoms with Crippen molar-refractivity contribution in [3.8, 4) is 11.5 Å². The monoisotopic (exact) mass is 450 g/mol. The van der Waals surface area contributed by atoms with Crippen molar-refractivity contribution in [2.75, 3.05) is 31.1 Å². The average molecular weight is 451 g/mol. The maximum absolute atomic E-state index is 13.3. The van der Waals surface area contributed by atoms with Gasteiger partial charge in [-0.3, -0.25) is 14.0 Å². The summed E-state index contributed by atoms with van der Waals surface area (Å²) in [4.78, 5) is 37.6. The third-order valence-electron chi connectivity index (χ3n) is 5.47. The Morgan fingerprint density at radius 2 is 1.88 bits per heavy atom. The van der Waals surface area contributed by atoms with Gasteiger partial charge in [-0.2, -0.15) is 0 Å². The number of imidazole rings is 1. The Hall–Kier alpha value is -3.85. The number of rotatable bonds is 4. The minimum atomic E-state index is -0.717. The fraction of sp³-hybridized carbons (Fsp3) is 0.182. The number of nitrogens with two attached hydrogens (primary N) is 1. The summed E-state index contributed by atoms with van der Waals surface area (Å²) in [5.41, 5.74) is 7.44. The number of furan rings is 1. The fourth-order valence-corrected chi connectivity index (χ4v) is 4.06. The van der Waals surface area contributed by atoms with Gasteiger partial charge in [-0.25, -0.2) is 9.97 Å². The van der Waals surface area contributed by atoms with Gasteiger partial charge in [0.05, 0.1) is 12.0 Å². The van der Waals surface area contributed by atoms with Crippen LogP contribution in [-0.4, -0.2) is 57.3 Å². The highest BCUT2D eigenvalue weighted by Gasteiger charge is 2.26. The van der Waals surface area contributed by atoms with Gasteiger partial charge in [0.2, 0.25) is 0 Å². The normalized spacial score (nSPS) is 14.2. The molecule has 1 aromatic carbocycles. The molecule has 2 N–H and O–H groups in total. The molecule has 1 saturated heterocycles. The van der Waals surface area contributed by atoms with Crippen LogP contribution in [0, 0.1) is 0 Å². The van der Waals surface area contributed by atoms with E-state index in [-0.39, 0.29) is 22.9 Å². The predicted molar refractivity (Wildman–Crippen MR) is 119 cm³/mol. The standard InChI is InChI=1S/C22H19ClN6O3/c23-14-3-1-4-15(11-14)27-6-8-28(9-7-27)22(31)16-12-17(18-5-2-10-32-18)29-13-25-19(20(24)30)21(29)26-16/h1-5,10-13H,6-9H2,(H2,24,30). The third kappa shape index (κ3) is 3.56. The number of halogens is 1. The zero-order valence-corrected chi connectivity index (χ0v) is 17.7. The molecule has 1 fully saturated rings. The average Bonchev–Trinajstić information content (AvgIpc) is 3.48. The molecule has 5 rings (SSSR count). The number of fused-ring (bicyclic) bond motifs is 1. The van der Waals surface area contributed by atoms with E-state index in [0.717, 1.165) is 5.69 Å². The van der Waals surface area contributed by atoms with Crippen LogP contribution in [0.4, 0.5) is 5.69 Å². The fourth-order valence-electron chi connectivity index (χ4n) is 3.87. The molecule has 1 aliphatic heterocycles. The van der Waals surface area contributed by atoms with Gasteiger partial charge in [0.1, 0.15) is 12.0 Å². The molecule has 10 heteroatoms. The number of hydrogen-bond donors (Lipinski definition) is 1. The zero-order chi connectivity index (χ0) is 22.2. The summed E-state index contributed by atoms with van der Waals surface area (Å²) >= 11 is 6.11. The molecule has 0 atom stereocenters. The van der Waals surface area contributed by atoms with Crippen molar-refractivity contribution in [1.29, 1.82) is 0 Å². The van der Waals surface area contributed by atoms with E-state index in [0.29, 0.717) is 42.7 Å². The van der Waals surface area contributed by atoms with E-state index in [1.807, 2.05) is 24.3 Å². The van der Waals surface area contributed by atoms with Crippen LogP contribution >= 0.6 is 11.6 Å². The van der Waals surface area contributed by atoms with Crippen molar-refractivity contribution >= 4 is 34.7 Å². The van der Waals surface area contributed by atoms with E-state index in [1.165, 1.54) is 12.6 Å². The van der Waals surface area contributed by atoms with E-state index >= 15 is 0 Å². The van der Waals surface area contributed by atoms with Gasteiger partial charge in [0.15, 0.2) is 17.1 Å². The predicted octanol–water partition coefficient (Wildman–Crippen LogP) is 2.70. The third-order valence-corrected chi connectivity index (χ3v) is 5.70. The van der Waals surface area contributed by atoms with Crippen molar-refractivity contribution in [3.63, 3.8) is 0 Å². The number of hydrogen-bond acceptors (Lipinski definition) is 6. The highest BCUT2D eigenvalue weighted by molar-refractivity contribution is 6.30. The Kier molecular flexibility index (Phi) is 5.02. The second-order valence-electron chi connectivity index (χ2n) is 7.41. The molecular weight excluding hydrogens is 432 g/mol. The number of amides is 2. The molecule has 3 aromatic heterocycles. The van der Waals surface area contributed by atoms with E-state index in [1.54, 1.807) is 27.5 Å². The van der Waals surface area contributed by atoms with Crippen LogP contribution in [0.3, 0.4) is 0 Å². The van der Waals surface area contributed by atoms with Crippen molar-refractivity contribution < 1.29 is 14.0 Å². The molecular formula is C22H19ClN6O3. The van der Waals surface area contributed by atoms with Crippen molar-refractivity contribution in [3.05, 3.63) is 71.5 Å². The van der Waals surface area contributed by atoms with Crippen LogP contribution in [0.2, 0.25) is 5.02 Å². The molecule has 0 unspecified atom stereocenters. The summed E-state index contributed by atoms with van der Waals surface area (Å²) in [5.74, 6) is -0.432. The Balaban J connectivity index is 1.45. The first-order valence-corrected chi connectivity index (χ1v) is 10.4. The van der Waals surface area contributed by atoms with Crippen LogP contribution in [-0.2, 0) is 0 Å². The number of nitrogens with zero attached hydrogens (tertiary/aromatic N) is 5. The molecule has 0 bridgehead atoms. The summed E-state index contributed by atoms with van der Waals surface area (Å²) in [6, 6.07) is 12.8. The molecule has 162 valence electrons. The summed E-state index contributed by atoms with van der Waals surface area (Å²) in [5, 5.41) is 0.676. The van der Waals surface area contributed by atoms with Gasteiger partial charge in [-0.1, -0.05) is 17.7 Å². The van der Waals surface area contributed by atoms with Gasteiger partial charge < -0.3 is 20.0 Å². The number of benzene rings is 1. The number of piperazine rings is 1. The molecule has 0 aliphatic carbocycles. The molecule has 32 heavy (non-hydrogen) atoms. The first-order valence-electron chi connectivity index (χ1n) is 10.0. The molecule has 0 saturated carbocycles. The number of carbonyl (C=O) groups excluding carboxylic acids is 2. The number of carbonyl (C=O) groups is 2. The minimum Gasteiger partial charge on any atom is -0.463 e. The lowest BCUT2D eigenvalue weighted by atomic mass is 10.2. The molecule has 0 radical (unpaired) electrons. The van der Waals surface area contributed by atoms with Crippen LogP contribution in [0.25, 0.3) is 17.1 Å². The zero-order valence-electron chi connectivity index (χ0n) is 16.9. The summed E-state index contributed by atoms with van der Waals surface area (Å²) in [6.45, 7) is 2.38. The highest BCUT2D eigenvalue weighted by Crippen LogP contribution is 2.25. The van der Waals surface area contributed by atoms with Crippen molar-refractivity contribution in [1.82, 2.24) is 19.3 Å². The lowest BCUT2D eigenvalue weighted by molar-refractivity contribution is 0.0740. The maximum atomic E-state index is 13.3. The van der Waals surface area contributed by atoms with Crippen LogP contribution < -0.4 is 10.6 Å². The maximum Gasteiger partial charge on any atom is 0.272 e. The quantitative estimate of drug-likeness (QED) is 0.512. The van der Waals surface area contributed by atoms with Gasteiger partial charge in [0, 0.05) is 36.9 Å². The topological polar surface area (TPSA) is 110 Å². The van der Waals surface area contributed by atoms with Crippen molar-refractivity contribution in [2.24, 2.45) is 5.73 Å². The second kappa shape index (κ2) is 8.01. The molecule has 4 heterocycles. The Morgan fingerprint density at radius 3 is 2.56 bits per heavy atom. The highest BCUT2D eigenvalue weighted by atomic mass is 35.5. The molecule has 4 aromatic rings. The number of primary amides is 1. The number of aromatic nitrogens is 3. The molecule has 9 nitrogen and oxygen atoms in total. The summed E-state index contributed by atoms with van der Waals surface area (Å²) in [6.07, 6.45) is 2.97. The second-order valence-corrected chi connectivity index (χ2v) is 7.85. The van der Waals surface area contributed by atoms with Gasteiger partial charge in [-0.05, 0) is 36.4 Å². The van der Waals surface area contributed by atoms with Gasteiger partial charge >= 0.3 is 0 Å². The van der Waals surface area contributed by atoms with Gasteiger partial charge in [0.25, 0.3) is 11.8 Å². The lowest BCUT2D eigenvalue weighted by Crippen LogP contribution is -2.49. The molecule has 2 amide bonds. The van der Waals surface area contributed by atoms with E-state index in [4.69, 9.17) is 21.8 Å². The number of anilines is 1. The smallest absolute Gasteiger partial charge is 0.272 e. The summed E-state index contributed by atoms with van der Waals surface area (Å²) in [7, 11) is 0. The Labute approximate surface area is 188 Å². The Morgan fingerprint density at radius 1 is 1.06 bits per heavy atom. The molecule has 1 aliphatic rings. The first kappa shape index (κ1) is 20.1. The SMILES string of the molecule is NC(=O)c1ncn2c(-c3ccco3)cc(C(=O)N3CCN(c4cccc(Cl)c4)CC3)nc12. The van der Waals surface area contributed by atoms with Crippen LogP contribution in [0.5, 0.6) is 0 Å². The lowest BCUT2D eigenvalue weighted by Gasteiger charge is -2.36. The van der Waals surface area contributed by atoms with Gasteiger partial charge in [-0.15, -0.1) is 0 Å². The van der Waals surface area contributed by atoms with E-state index in [9.17, 15) is 9.59 Å².